The highest BCUT2D eigenvalue weighted by molar-refractivity contribution is 5.85. The molecular weight excluding hydrogens is 336 g/mol. The van der Waals surface area contributed by atoms with Gasteiger partial charge in [-0.2, -0.15) is 0 Å². The Morgan fingerprint density at radius 1 is 0.852 bits per heavy atom. The molecule has 5 heteroatoms. The number of hydrogen-bond acceptors (Lipinski definition) is 4. The van der Waals surface area contributed by atoms with Gasteiger partial charge in [0.15, 0.2) is 0 Å². The zero-order valence-corrected chi connectivity index (χ0v) is 15.0. The van der Waals surface area contributed by atoms with Gasteiger partial charge in [0, 0.05) is 13.1 Å². The van der Waals surface area contributed by atoms with Crippen molar-refractivity contribution in [2.75, 3.05) is 18.4 Å². The summed E-state index contributed by atoms with van der Waals surface area (Å²) in [7, 11) is 0. The quantitative estimate of drug-likeness (QED) is 0.441. The standard InChI is InChI=1S/C22H22N4O/c27-21-19-11-3-4-12-20(19)25-22(26-21)24-14-6-13-23-15-17-9-5-8-16-7-1-2-10-18(16)17/h1-5,7-12,23H,6,13-15H2,(H2,24,25,26,27). The van der Waals surface area contributed by atoms with Crippen LogP contribution in [0.15, 0.2) is 71.5 Å². The third kappa shape index (κ3) is 3.99. The van der Waals surface area contributed by atoms with Crippen LogP contribution in [-0.2, 0) is 6.54 Å². The Balaban J connectivity index is 1.28. The third-order valence-electron chi connectivity index (χ3n) is 4.63. The van der Waals surface area contributed by atoms with Gasteiger partial charge < -0.3 is 10.6 Å². The maximum absolute atomic E-state index is 12.1. The highest BCUT2D eigenvalue weighted by atomic mass is 16.1. The molecular formula is C22H22N4O. The lowest BCUT2D eigenvalue weighted by Gasteiger charge is -2.09. The first-order valence-electron chi connectivity index (χ1n) is 9.21. The monoisotopic (exact) mass is 358 g/mol. The number of benzene rings is 3. The van der Waals surface area contributed by atoms with Gasteiger partial charge in [0.1, 0.15) is 0 Å². The molecule has 0 aliphatic rings. The molecule has 5 nitrogen and oxygen atoms in total. The van der Waals surface area contributed by atoms with E-state index in [1.807, 2.05) is 18.2 Å². The Hall–Kier alpha value is -3.18. The van der Waals surface area contributed by atoms with Gasteiger partial charge in [0.05, 0.1) is 10.9 Å². The zero-order chi connectivity index (χ0) is 18.5. The lowest BCUT2D eigenvalue weighted by atomic mass is 10.0. The Kier molecular flexibility index (Phi) is 5.12. The maximum Gasteiger partial charge on any atom is 0.260 e. The van der Waals surface area contributed by atoms with E-state index in [9.17, 15) is 4.79 Å². The molecule has 1 aromatic heterocycles. The highest BCUT2D eigenvalue weighted by Crippen LogP contribution is 2.18. The molecule has 0 saturated heterocycles. The number of anilines is 1. The topological polar surface area (TPSA) is 69.8 Å². The van der Waals surface area contributed by atoms with Gasteiger partial charge in [-0.05, 0) is 41.4 Å². The summed E-state index contributed by atoms with van der Waals surface area (Å²) >= 11 is 0. The molecule has 0 fully saturated rings. The van der Waals surface area contributed by atoms with Gasteiger partial charge in [-0.1, -0.05) is 54.6 Å². The van der Waals surface area contributed by atoms with Gasteiger partial charge in [-0.15, -0.1) is 0 Å². The van der Waals surface area contributed by atoms with Gasteiger partial charge in [-0.3, -0.25) is 9.78 Å². The summed E-state index contributed by atoms with van der Waals surface area (Å²) in [5.41, 5.74) is 1.90. The first-order chi connectivity index (χ1) is 13.3. The van der Waals surface area contributed by atoms with Gasteiger partial charge in [0.2, 0.25) is 5.95 Å². The second-order valence-electron chi connectivity index (χ2n) is 6.53. The smallest absolute Gasteiger partial charge is 0.260 e. The van der Waals surface area contributed by atoms with E-state index in [2.05, 4.69) is 63.1 Å². The van der Waals surface area contributed by atoms with Crippen molar-refractivity contribution in [1.82, 2.24) is 15.3 Å². The largest absolute Gasteiger partial charge is 0.356 e. The number of rotatable bonds is 7. The molecule has 0 saturated carbocycles. The van der Waals surface area contributed by atoms with Gasteiger partial charge in [0.25, 0.3) is 5.56 Å². The van der Waals surface area contributed by atoms with E-state index in [0.717, 1.165) is 26.1 Å². The van der Waals surface area contributed by atoms with Crippen LogP contribution >= 0.6 is 0 Å². The molecule has 3 aromatic carbocycles. The average molecular weight is 358 g/mol. The Bertz CT molecular complexity index is 1110. The summed E-state index contributed by atoms with van der Waals surface area (Å²) in [6, 6.07) is 22.2. The number of nitrogens with one attached hydrogen (secondary N) is 3. The van der Waals surface area contributed by atoms with Gasteiger partial charge >= 0.3 is 0 Å². The second kappa shape index (κ2) is 8.01. The molecule has 136 valence electrons. The maximum atomic E-state index is 12.1. The SMILES string of the molecule is O=c1[nH]c(NCCCNCc2cccc3ccccc23)nc2ccccc12. The van der Waals surface area contributed by atoms with Crippen LogP contribution in [0.5, 0.6) is 0 Å². The molecule has 0 aliphatic carbocycles. The average Bonchev–Trinajstić information content (AvgIpc) is 2.71. The fourth-order valence-electron chi connectivity index (χ4n) is 3.26. The van der Waals surface area contributed by atoms with E-state index < -0.39 is 0 Å². The van der Waals surface area contributed by atoms with Crippen LogP contribution in [0, 0.1) is 0 Å². The Labute approximate surface area is 157 Å². The van der Waals surface area contributed by atoms with Crippen molar-refractivity contribution < 1.29 is 0 Å². The molecule has 0 unspecified atom stereocenters. The number of para-hydroxylation sites is 1. The Morgan fingerprint density at radius 3 is 2.56 bits per heavy atom. The van der Waals surface area contributed by atoms with E-state index in [4.69, 9.17) is 0 Å². The molecule has 27 heavy (non-hydrogen) atoms. The molecule has 4 rings (SSSR count). The van der Waals surface area contributed by atoms with Crippen molar-refractivity contribution in [3.63, 3.8) is 0 Å². The van der Waals surface area contributed by atoms with Crippen LogP contribution in [-0.4, -0.2) is 23.1 Å². The molecule has 0 atom stereocenters. The van der Waals surface area contributed by atoms with Gasteiger partial charge in [-0.25, -0.2) is 4.98 Å². The van der Waals surface area contributed by atoms with E-state index in [0.29, 0.717) is 16.9 Å². The minimum Gasteiger partial charge on any atom is -0.356 e. The van der Waals surface area contributed by atoms with Crippen LogP contribution in [0.4, 0.5) is 5.95 Å². The molecule has 3 N–H and O–H groups in total. The predicted octanol–water partition coefficient (Wildman–Crippen LogP) is 3.67. The van der Waals surface area contributed by atoms with Crippen LogP contribution < -0.4 is 16.2 Å². The van der Waals surface area contributed by atoms with Crippen LogP contribution in [0.25, 0.3) is 21.7 Å². The third-order valence-corrected chi connectivity index (χ3v) is 4.63. The van der Waals surface area contributed by atoms with E-state index in [1.165, 1.54) is 16.3 Å². The summed E-state index contributed by atoms with van der Waals surface area (Å²) in [6.07, 6.45) is 0.932. The normalized spacial score (nSPS) is 11.1. The summed E-state index contributed by atoms with van der Waals surface area (Å²) in [4.78, 5) is 19.3. The lowest BCUT2D eigenvalue weighted by molar-refractivity contribution is 0.664. The minimum atomic E-state index is -0.114. The summed E-state index contributed by atoms with van der Waals surface area (Å²) in [6.45, 7) is 2.46. The van der Waals surface area contributed by atoms with Crippen molar-refractivity contribution in [1.29, 1.82) is 0 Å². The molecule has 1 heterocycles. The molecule has 0 bridgehead atoms. The highest BCUT2D eigenvalue weighted by Gasteiger charge is 2.03. The van der Waals surface area contributed by atoms with Crippen molar-refractivity contribution in [3.05, 3.63) is 82.6 Å². The number of aromatic nitrogens is 2. The van der Waals surface area contributed by atoms with Crippen LogP contribution in [0.3, 0.4) is 0 Å². The number of nitrogens with zero attached hydrogens (tertiary/aromatic N) is 1. The minimum absolute atomic E-state index is 0.114. The number of fused-ring (bicyclic) bond motifs is 2. The molecule has 4 aromatic rings. The Morgan fingerprint density at radius 2 is 1.63 bits per heavy atom. The number of H-pyrrole nitrogens is 1. The molecule has 0 radical (unpaired) electrons. The number of aromatic amines is 1. The first kappa shape index (κ1) is 17.2. The molecule has 0 aliphatic heterocycles. The van der Waals surface area contributed by atoms with E-state index in [1.54, 1.807) is 6.07 Å². The fraction of sp³-hybridized carbons (Fsp3) is 0.182. The van der Waals surface area contributed by atoms with Crippen molar-refractivity contribution in [2.45, 2.75) is 13.0 Å². The fourth-order valence-corrected chi connectivity index (χ4v) is 3.26. The molecule has 0 amide bonds. The van der Waals surface area contributed by atoms with E-state index in [-0.39, 0.29) is 5.56 Å². The van der Waals surface area contributed by atoms with Crippen molar-refractivity contribution in [2.24, 2.45) is 0 Å². The van der Waals surface area contributed by atoms with E-state index >= 15 is 0 Å². The van der Waals surface area contributed by atoms with Crippen molar-refractivity contribution >= 4 is 27.6 Å². The van der Waals surface area contributed by atoms with Crippen LogP contribution in [0.2, 0.25) is 0 Å². The number of hydrogen-bond donors (Lipinski definition) is 3. The second-order valence-corrected chi connectivity index (χ2v) is 6.53. The lowest BCUT2D eigenvalue weighted by Crippen LogP contribution is -2.19. The van der Waals surface area contributed by atoms with Crippen molar-refractivity contribution in [3.8, 4) is 0 Å². The van der Waals surface area contributed by atoms with Crippen LogP contribution in [0.1, 0.15) is 12.0 Å². The summed E-state index contributed by atoms with van der Waals surface area (Å²) in [5.74, 6) is 0.521. The summed E-state index contributed by atoms with van der Waals surface area (Å²) < 4.78 is 0. The molecule has 0 spiro atoms. The zero-order valence-electron chi connectivity index (χ0n) is 15.0. The first-order valence-corrected chi connectivity index (χ1v) is 9.21. The predicted molar refractivity (Wildman–Crippen MR) is 111 cm³/mol. The summed E-state index contributed by atoms with van der Waals surface area (Å²) in [5, 5.41) is 9.86.